The van der Waals surface area contributed by atoms with Gasteiger partial charge in [-0.1, -0.05) is 47.6 Å². The van der Waals surface area contributed by atoms with Crippen LogP contribution in [0.4, 0.5) is 0 Å². The second-order valence-corrected chi connectivity index (χ2v) is 6.99. The van der Waals surface area contributed by atoms with Crippen LogP contribution in [0.15, 0.2) is 59.1 Å². The number of rotatable bonds is 7. The molecule has 2 aromatic carbocycles. The molecule has 0 aliphatic carbocycles. The molecule has 2 heterocycles. The molecule has 0 saturated carbocycles. The van der Waals surface area contributed by atoms with E-state index < -0.39 is 0 Å². The number of methoxy groups -OCH3 is 1. The zero-order valence-electron chi connectivity index (χ0n) is 15.9. The first kappa shape index (κ1) is 18.2. The molecule has 0 N–H and O–H groups in total. The molecule has 1 aliphatic heterocycles. The van der Waals surface area contributed by atoms with Gasteiger partial charge in [0.05, 0.1) is 18.6 Å². The lowest BCUT2D eigenvalue weighted by Gasteiger charge is -2.15. The van der Waals surface area contributed by atoms with Crippen molar-refractivity contribution in [3.63, 3.8) is 0 Å². The maximum Gasteiger partial charge on any atom is 0.232 e. The van der Waals surface area contributed by atoms with Crippen LogP contribution in [-0.2, 0) is 11.2 Å². The molecule has 1 amide bonds. The van der Waals surface area contributed by atoms with Crippen LogP contribution in [0.25, 0.3) is 11.4 Å². The number of likely N-dealkylation sites (tertiary alicyclic amines) is 1. The molecule has 3 aromatic rings. The van der Waals surface area contributed by atoms with Crippen LogP contribution in [0.5, 0.6) is 5.75 Å². The van der Waals surface area contributed by atoms with E-state index in [-0.39, 0.29) is 11.8 Å². The Morgan fingerprint density at radius 2 is 1.93 bits per heavy atom. The number of hydrogen-bond acceptors (Lipinski definition) is 5. The summed E-state index contributed by atoms with van der Waals surface area (Å²) in [6, 6.07) is 17.9. The maximum atomic E-state index is 12.4. The lowest BCUT2D eigenvalue weighted by Crippen LogP contribution is -2.26. The van der Waals surface area contributed by atoms with Gasteiger partial charge >= 0.3 is 0 Å². The van der Waals surface area contributed by atoms with Crippen LogP contribution in [0.2, 0.25) is 0 Å². The Balaban J connectivity index is 1.38. The van der Waals surface area contributed by atoms with E-state index in [0.717, 1.165) is 24.9 Å². The number of amides is 1. The predicted octanol–water partition coefficient (Wildman–Crippen LogP) is 3.69. The van der Waals surface area contributed by atoms with Gasteiger partial charge in [-0.25, -0.2) is 0 Å². The number of para-hydroxylation sites is 1. The van der Waals surface area contributed by atoms with Crippen molar-refractivity contribution in [1.29, 1.82) is 0 Å². The minimum absolute atomic E-state index is 0.0554. The van der Waals surface area contributed by atoms with Crippen molar-refractivity contribution < 1.29 is 14.1 Å². The first-order chi connectivity index (χ1) is 13.7. The molecule has 0 radical (unpaired) electrons. The van der Waals surface area contributed by atoms with Crippen LogP contribution in [0.3, 0.4) is 0 Å². The fourth-order valence-electron chi connectivity index (χ4n) is 3.61. The number of nitrogens with zero attached hydrogens (tertiary/aromatic N) is 3. The molecule has 6 nitrogen and oxygen atoms in total. The van der Waals surface area contributed by atoms with Crippen molar-refractivity contribution in [3.05, 3.63) is 66.1 Å². The number of ether oxygens (including phenoxy) is 1. The Morgan fingerprint density at radius 1 is 1.14 bits per heavy atom. The van der Waals surface area contributed by atoms with Gasteiger partial charge in [-0.05, 0) is 30.5 Å². The molecule has 4 rings (SSSR count). The molecule has 1 saturated heterocycles. The zero-order valence-corrected chi connectivity index (χ0v) is 15.9. The third-order valence-electron chi connectivity index (χ3n) is 5.09. The number of benzene rings is 2. The molecule has 28 heavy (non-hydrogen) atoms. The van der Waals surface area contributed by atoms with Gasteiger partial charge < -0.3 is 14.2 Å². The molecule has 1 aromatic heterocycles. The number of carbonyl (C=O) groups excluding carboxylic acids is 1. The molecule has 1 fully saturated rings. The maximum absolute atomic E-state index is 12.4. The predicted molar refractivity (Wildman–Crippen MR) is 105 cm³/mol. The minimum Gasteiger partial charge on any atom is -0.496 e. The van der Waals surface area contributed by atoms with E-state index in [4.69, 9.17) is 9.26 Å². The number of aryl methyl sites for hydroxylation is 1. The number of aromatic nitrogens is 2. The third kappa shape index (κ3) is 3.91. The van der Waals surface area contributed by atoms with Gasteiger partial charge in [0, 0.05) is 19.5 Å². The molecule has 1 aliphatic rings. The highest BCUT2D eigenvalue weighted by Crippen LogP contribution is 2.31. The lowest BCUT2D eigenvalue weighted by atomic mass is 10.1. The molecular weight excluding hydrogens is 354 g/mol. The van der Waals surface area contributed by atoms with Crippen molar-refractivity contribution in [2.45, 2.75) is 25.2 Å². The van der Waals surface area contributed by atoms with E-state index in [0.29, 0.717) is 30.4 Å². The van der Waals surface area contributed by atoms with Crippen LogP contribution in [0.1, 0.15) is 30.2 Å². The van der Waals surface area contributed by atoms with Gasteiger partial charge in [0.2, 0.25) is 17.6 Å². The molecule has 1 unspecified atom stereocenters. The second-order valence-electron chi connectivity index (χ2n) is 6.99. The van der Waals surface area contributed by atoms with E-state index >= 15 is 0 Å². The summed E-state index contributed by atoms with van der Waals surface area (Å²) in [7, 11) is 1.61. The summed E-state index contributed by atoms with van der Waals surface area (Å²) in [4.78, 5) is 18.8. The first-order valence-electron chi connectivity index (χ1n) is 9.53. The Bertz CT molecular complexity index is 939. The fourth-order valence-corrected chi connectivity index (χ4v) is 3.61. The van der Waals surface area contributed by atoms with Gasteiger partial charge in [0.25, 0.3) is 0 Å². The average molecular weight is 377 g/mol. The van der Waals surface area contributed by atoms with Gasteiger partial charge in [-0.2, -0.15) is 4.98 Å². The lowest BCUT2D eigenvalue weighted by molar-refractivity contribution is -0.127. The molecular formula is C22H23N3O3. The summed E-state index contributed by atoms with van der Waals surface area (Å²) in [6.45, 7) is 1.37. The third-order valence-corrected chi connectivity index (χ3v) is 5.09. The van der Waals surface area contributed by atoms with Crippen molar-refractivity contribution >= 4 is 5.91 Å². The highest BCUT2D eigenvalue weighted by atomic mass is 16.5. The second kappa shape index (κ2) is 8.25. The summed E-state index contributed by atoms with van der Waals surface area (Å²) < 4.78 is 10.8. The summed E-state index contributed by atoms with van der Waals surface area (Å²) in [5.74, 6) is 1.79. The van der Waals surface area contributed by atoms with Crippen LogP contribution < -0.4 is 4.74 Å². The largest absolute Gasteiger partial charge is 0.496 e. The van der Waals surface area contributed by atoms with E-state index in [2.05, 4.69) is 22.3 Å². The Hall–Kier alpha value is -3.15. The molecule has 1 atom stereocenters. The zero-order chi connectivity index (χ0) is 19.3. The Kier molecular flexibility index (Phi) is 5.37. The summed E-state index contributed by atoms with van der Waals surface area (Å²) in [5.41, 5.74) is 2.08. The highest BCUT2D eigenvalue weighted by molar-refractivity contribution is 5.79. The average Bonchev–Trinajstić information content (AvgIpc) is 3.36. The standard InChI is InChI=1S/C22H23N3O3/c1-27-19-12-6-5-11-18(19)21-23-22(28-24-21)17-14-20(26)25(15-17)13-7-10-16-8-3-2-4-9-16/h2-6,8-9,11-12,17H,7,10,13-15H2,1H3. The smallest absolute Gasteiger partial charge is 0.232 e. The van der Waals surface area contributed by atoms with Crippen molar-refractivity contribution in [1.82, 2.24) is 15.0 Å². The Labute approximate surface area is 164 Å². The van der Waals surface area contributed by atoms with Crippen molar-refractivity contribution in [3.8, 4) is 17.1 Å². The summed E-state index contributed by atoms with van der Waals surface area (Å²) in [6.07, 6.45) is 2.32. The van der Waals surface area contributed by atoms with Crippen molar-refractivity contribution in [2.24, 2.45) is 0 Å². The van der Waals surface area contributed by atoms with Crippen LogP contribution >= 0.6 is 0 Å². The summed E-state index contributed by atoms with van der Waals surface area (Å²) in [5, 5.41) is 4.10. The Morgan fingerprint density at radius 3 is 2.75 bits per heavy atom. The van der Waals surface area contributed by atoms with Gasteiger partial charge in [0.1, 0.15) is 5.75 Å². The molecule has 0 spiro atoms. The number of hydrogen-bond donors (Lipinski definition) is 0. The van der Waals surface area contributed by atoms with Gasteiger partial charge in [0.15, 0.2) is 0 Å². The fraction of sp³-hybridized carbons (Fsp3) is 0.318. The monoisotopic (exact) mass is 377 g/mol. The molecule has 144 valence electrons. The van der Waals surface area contributed by atoms with Gasteiger partial charge in [-0.15, -0.1) is 0 Å². The molecule has 6 heteroatoms. The highest BCUT2D eigenvalue weighted by Gasteiger charge is 2.34. The van der Waals surface area contributed by atoms with E-state index in [1.54, 1.807) is 7.11 Å². The van der Waals surface area contributed by atoms with E-state index in [1.807, 2.05) is 47.4 Å². The van der Waals surface area contributed by atoms with Crippen molar-refractivity contribution in [2.75, 3.05) is 20.2 Å². The van der Waals surface area contributed by atoms with E-state index in [1.165, 1.54) is 5.56 Å². The van der Waals surface area contributed by atoms with Gasteiger partial charge in [-0.3, -0.25) is 4.79 Å². The van der Waals surface area contributed by atoms with Crippen LogP contribution in [0, 0.1) is 0 Å². The normalized spacial score (nSPS) is 16.5. The minimum atomic E-state index is -0.0554. The quantitative estimate of drug-likeness (QED) is 0.628. The summed E-state index contributed by atoms with van der Waals surface area (Å²) >= 11 is 0. The van der Waals surface area contributed by atoms with Crippen LogP contribution in [-0.4, -0.2) is 41.1 Å². The van der Waals surface area contributed by atoms with E-state index in [9.17, 15) is 4.79 Å². The first-order valence-corrected chi connectivity index (χ1v) is 9.53. The topological polar surface area (TPSA) is 68.5 Å². The number of carbonyl (C=O) groups is 1. The molecule has 0 bridgehead atoms. The SMILES string of the molecule is COc1ccccc1-c1noc(C2CC(=O)N(CCCc3ccccc3)C2)n1.